The van der Waals surface area contributed by atoms with Crippen LogP contribution in [0.25, 0.3) is 0 Å². The van der Waals surface area contributed by atoms with Crippen LogP contribution in [-0.2, 0) is 14.8 Å². The Balaban J connectivity index is 1.86. The van der Waals surface area contributed by atoms with Gasteiger partial charge in [-0.3, -0.25) is 19.6 Å². The third-order valence-electron chi connectivity index (χ3n) is 4.73. The summed E-state index contributed by atoms with van der Waals surface area (Å²) < 4.78 is 28.0. The molecule has 1 atom stereocenters. The van der Waals surface area contributed by atoms with E-state index in [4.69, 9.17) is 0 Å². The molecule has 1 aliphatic heterocycles. The van der Waals surface area contributed by atoms with Gasteiger partial charge in [-0.25, -0.2) is 8.42 Å². The van der Waals surface area contributed by atoms with Crippen molar-refractivity contribution in [3.8, 4) is 0 Å². The average Bonchev–Trinajstić information content (AvgIpc) is 2.66. The Hall–Kier alpha value is -3.14. The molecule has 0 aromatic heterocycles. The highest BCUT2D eigenvalue weighted by Gasteiger charge is 2.25. The van der Waals surface area contributed by atoms with Crippen molar-refractivity contribution in [2.45, 2.75) is 37.6 Å². The molecule has 1 heterocycles. The van der Waals surface area contributed by atoms with Crippen LogP contribution in [0.4, 0.5) is 17.1 Å². The quantitative estimate of drug-likeness (QED) is 0.488. The maximum Gasteiger partial charge on any atom is 0.293 e. The van der Waals surface area contributed by atoms with Gasteiger partial charge in [0.25, 0.3) is 15.7 Å². The number of aryl methyl sites for hydroxylation is 2. The number of nitrogens with one attached hydrogen (secondary N) is 3. The summed E-state index contributed by atoms with van der Waals surface area (Å²) in [6.07, 6.45) is 0.870. The Morgan fingerprint density at radius 3 is 2.48 bits per heavy atom. The Bertz CT molecular complexity index is 1060. The van der Waals surface area contributed by atoms with Crippen LogP contribution in [0.5, 0.6) is 0 Å². The molecule has 1 saturated heterocycles. The summed E-state index contributed by atoms with van der Waals surface area (Å²) in [6, 6.07) is 8.86. The molecule has 0 saturated carbocycles. The average molecular weight is 418 g/mol. The van der Waals surface area contributed by atoms with Crippen molar-refractivity contribution in [3.63, 3.8) is 0 Å². The molecular weight excluding hydrogens is 396 g/mol. The second kappa shape index (κ2) is 8.08. The summed E-state index contributed by atoms with van der Waals surface area (Å²) in [6.45, 7) is 4.03. The van der Waals surface area contributed by atoms with Crippen molar-refractivity contribution in [2.24, 2.45) is 0 Å². The lowest BCUT2D eigenvalue weighted by molar-refractivity contribution is -0.384. The lowest BCUT2D eigenvalue weighted by Crippen LogP contribution is -2.41. The fourth-order valence-corrected chi connectivity index (χ4v) is 4.31. The van der Waals surface area contributed by atoms with Gasteiger partial charge >= 0.3 is 0 Å². The molecule has 0 bridgehead atoms. The van der Waals surface area contributed by atoms with Crippen molar-refractivity contribution in [1.82, 2.24) is 5.32 Å². The molecule has 29 heavy (non-hydrogen) atoms. The van der Waals surface area contributed by atoms with E-state index in [1.54, 1.807) is 19.1 Å². The molecule has 154 valence electrons. The number of nitrogens with zero attached hydrogens (tertiary/aromatic N) is 1. The van der Waals surface area contributed by atoms with E-state index in [2.05, 4.69) is 15.4 Å². The highest BCUT2D eigenvalue weighted by Crippen LogP contribution is 2.30. The molecule has 1 fully saturated rings. The maximum absolute atomic E-state index is 12.7. The van der Waals surface area contributed by atoms with Gasteiger partial charge in [-0.05, 0) is 44.0 Å². The summed E-state index contributed by atoms with van der Waals surface area (Å²) >= 11 is 0. The summed E-state index contributed by atoms with van der Waals surface area (Å²) in [7, 11) is -4.00. The SMILES string of the molecule is Cc1ccc(NS(=O)(=O)c2ccc(NC3CCC(=O)NC3)c([N+](=O)[O-])c2)c(C)c1. The van der Waals surface area contributed by atoms with Gasteiger partial charge in [-0.1, -0.05) is 17.7 Å². The van der Waals surface area contributed by atoms with Gasteiger partial charge < -0.3 is 10.6 Å². The number of piperidine rings is 1. The number of carbonyl (C=O) groups is 1. The van der Waals surface area contributed by atoms with Crippen molar-refractivity contribution >= 4 is 33.0 Å². The molecule has 1 amide bonds. The van der Waals surface area contributed by atoms with Crippen LogP contribution in [0.15, 0.2) is 41.3 Å². The predicted octanol–water partition coefficient (Wildman–Crippen LogP) is 2.70. The van der Waals surface area contributed by atoms with Gasteiger partial charge in [0.2, 0.25) is 5.91 Å². The molecule has 1 unspecified atom stereocenters. The smallest absolute Gasteiger partial charge is 0.293 e. The number of nitro groups is 1. The molecule has 1 aliphatic rings. The van der Waals surface area contributed by atoms with E-state index in [1.807, 2.05) is 13.0 Å². The van der Waals surface area contributed by atoms with Gasteiger partial charge in [-0.15, -0.1) is 0 Å². The van der Waals surface area contributed by atoms with Crippen LogP contribution in [-0.4, -0.2) is 31.8 Å². The maximum atomic E-state index is 12.7. The van der Waals surface area contributed by atoms with Gasteiger partial charge in [0.1, 0.15) is 5.69 Å². The number of benzene rings is 2. The first kappa shape index (κ1) is 20.6. The molecule has 9 nitrogen and oxygen atoms in total. The van der Waals surface area contributed by atoms with E-state index < -0.39 is 14.9 Å². The van der Waals surface area contributed by atoms with Crippen LogP contribution >= 0.6 is 0 Å². The monoisotopic (exact) mass is 418 g/mol. The zero-order valence-electron chi connectivity index (χ0n) is 16.1. The number of rotatable bonds is 6. The second-order valence-electron chi connectivity index (χ2n) is 7.04. The van der Waals surface area contributed by atoms with Gasteiger partial charge in [0, 0.05) is 25.1 Å². The van der Waals surface area contributed by atoms with Crippen LogP contribution in [0.2, 0.25) is 0 Å². The standard InChI is InChI=1S/C19H22N4O5S/c1-12-3-6-16(13(2)9-12)22-29(27,28)15-5-7-17(18(10-15)23(25)26)21-14-4-8-19(24)20-11-14/h3,5-7,9-10,14,21-22H,4,8,11H2,1-2H3,(H,20,24). The fraction of sp³-hybridized carbons (Fsp3) is 0.316. The van der Waals surface area contributed by atoms with Crippen LogP contribution < -0.4 is 15.4 Å². The number of sulfonamides is 1. The summed E-state index contributed by atoms with van der Waals surface area (Å²) in [5.74, 6) is -0.0588. The lowest BCUT2D eigenvalue weighted by Gasteiger charge is -2.24. The number of hydrogen-bond donors (Lipinski definition) is 3. The zero-order chi connectivity index (χ0) is 21.2. The topological polar surface area (TPSA) is 130 Å². The third-order valence-corrected chi connectivity index (χ3v) is 6.09. The Kier molecular flexibility index (Phi) is 5.73. The molecule has 2 aromatic rings. The molecule has 3 rings (SSSR count). The first-order chi connectivity index (χ1) is 13.7. The number of amides is 1. The summed E-state index contributed by atoms with van der Waals surface area (Å²) in [5, 5.41) is 17.2. The Labute approximate surface area is 168 Å². The van der Waals surface area contributed by atoms with E-state index in [0.29, 0.717) is 25.1 Å². The molecule has 0 spiro atoms. The molecule has 3 N–H and O–H groups in total. The van der Waals surface area contributed by atoms with Crippen LogP contribution in [0.3, 0.4) is 0 Å². The van der Waals surface area contributed by atoms with E-state index in [9.17, 15) is 23.3 Å². The highest BCUT2D eigenvalue weighted by atomic mass is 32.2. The van der Waals surface area contributed by atoms with Crippen LogP contribution in [0, 0.1) is 24.0 Å². The number of hydrogen-bond acceptors (Lipinski definition) is 6. The van der Waals surface area contributed by atoms with Crippen molar-refractivity contribution in [2.75, 3.05) is 16.6 Å². The second-order valence-corrected chi connectivity index (χ2v) is 8.73. The number of nitro benzene ring substituents is 1. The first-order valence-corrected chi connectivity index (χ1v) is 10.6. The Morgan fingerprint density at radius 2 is 1.86 bits per heavy atom. The molecule has 2 aromatic carbocycles. The van der Waals surface area contributed by atoms with Crippen molar-refractivity contribution < 1.29 is 18.1 Å². The van der Waals surface area contributed by atoms with E-state index in [-0.39, 0.29) is 28.2 Å². The van der Waals surface area contributed by atoms with Gasteiger partial charge in [0.05, 0.1) is 15.5 Å². The molecule has 0 aliphatic carbocycles. The normalized spacial score (nSPS) is 16.8. The minimum atomic E-state index is -4.00. The third kappa shape index (κ3) is 4.83. The number of anilines is 2. The summed E-state index contributed by atoms with van der Waals surface area (Å²) in [5.41, 5.74) is 2.03. The van der Waals surface area contributed by atoms with Gasteiger partial charge in [-0.2, -0.15) is 0 Å². The molecule has 10 heteroatoms. The van der Waals surface area contributed by atoms with Crippen molar-refractivity contribution in [1.29, 1.82) is 0 Å². The predicted molar refractivity (Wildman–Crippen MR) is 109 cm³/mol. The Morgan fingerprint density at radius 1 is 1.14 bits per heavy atom. The minimum Gasteiger partial charge on any atom is -0.375 e. The fourth-order valence-electron chi connectivity index (χ4n) is 3.16. The zero-order valence-corrected chi connectivity index (χ0v) is 16.9. The van der Waals surface area contributed by atoms with E-state index in [1.165, 1.54) is 12.1 Å². The minimum absolute atomic E-state index is 0.0588. The number of carbonyl (C=O) groups excluding carboxylic acids is 1. The highest BCUT2D eigenvalue weighted by molar-refractivity contribution is 7.92. The first-order valence-electron chi connectivity index (χ1n) is 9.07. The van der Waals surface area contributed by atoms with Crippen molar-refractivity contribution in [3.05, 3.63) is 57.6 Å². The molecular formula is C19H22N4O5S. The lowest BCUT2D eigenvalue weighted by atomic mass is 10.1. The summed E-state index contributed by atoms with van der Waals surface area (Å²) in [4.78, 5) is 22.0. The van der Waals surface area contributed by atoms with E-state index >= 15 is 0 Å². The molecule has 0 radical (unpaired) electrons. The largest absolute Gasteiger partial charge is 0.375 e. The van der Waals surface area contributed by atoms with Crippen LogP contribution in [0.1, 0.15) is 24.0 Å². The van der Waals surface area contributed by atoms with Gasteiger partial charge in [0.15, 0.2) is 0 Å². The van der Waals surface area contributed by atoms with E-state index in [0.717, 1.165) is 17.2 Å².